The number of rotatable bonds is 15. The van der Waals surface area contributed by atoms with E-state index in [1.807, 2.05) is 91.0 Å². The molecule has 0 aliphatic carbocycles. The summed E-state index contributed by atoms with van der Waals surface area (Å²) in [4.78, 5) is 40.0. The lowest BCUT2D eigenvalue weighted by atomic mass is 9.95. The lowest BCUT2D eigenvalue weighted by Crippen LogP contribution is -2.57. The molecular weight excluding hydrogens is 506 g/mol. The molecule has 204 valence electrons. The van der Waals surface area contributed by atoms with Crippen molar-refractivity contribution in [2.45, 2.75) is 45.1 Å². The van der Waals surface area contributed by atoms with Crippen LogP contribution in [-0.4, -0.2) is 41.7 Å². The van der Waals surface area contributed by atoms with Crippen molar-refractivity contribution in [1.82, 2.24) is 16.0 Å². The fourth-order valence-electron chi connectivity index (χ4n) is 4.27. The zero-order chi connectivity index (χ0) is 27.9. The standard InChI is InChI=1S/C32H37N3O3S/c1-24(39)28(23-27-17-9-4-10-18-27)30(36)35-29(31(37)33-21-11-19-25-13-5-2-6-14-25)32(38)34-22-12-20-26-15-7-3-8-16-26/h2-10,13-18,28-29H,11-12,19-23H2,1H3,(H,33,37)(H,34,38)(H,35,36). The predicted octanol–water partition coefficient (Wildman–Crippen LogP) is 4.22. The Morgan fingerprint density at radius 2 is 1.05 bits per heavy atom. The van der Waals surface area contributed by atoms with Gasteiger partial charge in [0.25, 0.3) is 11.8 Å². The second-order valence-electron chi connectivity index (χ2n) is 9.55. The van der Waals surface area contributed by atoms with Gasteiger partial charge in [0, 0.05) is 18.0 Å². The minimum absolute atomic E-state index is 0.390. The fraction of sp³-hybridized carbons (Fsp3) is 0.312. The fourth-order valence-corrected chi connectivity index (χ4v) is 4.46. The third-order valence-electron chi connectivity index (χ3n) is 6.47. The van der Waals surface area contributed by atoms with Crippen LogP contribution < -0.4 is 16.0 Å². The highest BCUT2D eigenvalue weighted by Gasteiger charge is 2.31. The number of hydrogen-bond donors (Lipinski definition) is 3. The third kappa shape index (κ3) is 10.4. The van der Waals surface area contributed by atoms with E-state index in [1.165, 1.54) is 11.1 Å². The number of aryl methyl sites for hydroxylation is 2. The van der Waals surface area contributed by atoms with Gasteiger partial charge in [-0.05, 0) is 55.7 Å². The first kappa shape index (κ1) is 29.7. The van der Waals surface area contributed by atoms with Crippen LogP contribution in [0.25, 0.3) is 0 Å². The van der Waals surface area contributed by atoms with Crippen LogP contribution in [0.15, 0.2) is 91.0 Å². The average molecular weight is 544 g/mol. The van der Waals surface area contributed by atoms with Gasteiger partial charge in [0.2, 0.25) is 5.91 Å². The number of thiocarbonyl (C=S) groups is 1. The molecule has 6 nitrogen and oxygen atoms in total. The Hall–Kier alpha value is -3.84. The lowest BCUT2D eigenvalue weighted by Gasteiger charge is -2.22. The maximum atomic E-state index is 13.3. The summed E-state index contributed by atoms with van der Waals surface area (Å²) < 4.78 is 0. The summed E-state index contributed by atoms with van der Waals surface area (Å²) in [6.07, 6.45) is 3.42. The number of carbonyl (C=O) groups is 3. The first-order valence-electron chi connectivity index (χ1n) is 13.4. The summed E-state index contributed by atoms with van der Waals surface area (Å²) in [7, 11) is 0. The van der Waals surface area contributed by atoms with Crippen LogP contribution in [0.4, 0.5) is 0 Å². The Kier molecular flexibility index (Phi) is 12.3. The number of hydrogen-bond acceptors (Lipinski definition) is 4. The van der Waals surface area contributed by atoms with Crippen LogP contribution in [0.2, 0.25) is 0 Å². The zero-order valence-electron chi connectivity index (χ0n) is 22.4. The Morgan fingerprint density at radius 1 is 0.641 bits per heavy atom. The minimum Gasteiger partial charge on any atom is -0.354 e. The molecule has 1 atom stereocenters. The molecule has 3 aromatic rings. The molecule has 0 saturated heterocycles. The molecule has 1 unspecified atom stereocenters. The van der Waals surface area contributed by atoms with E-state index in [1.54, 1.807) is 6.92 Å². The molecule has 0 aliphatic rings. The van der Waals surface area contributed by atoms with Crippen molar-refractivity contribution in [3.05, 3.63) is 108 Å². The topological polar surface area (TPSA) is 87.3 Å². The van der Waals surface area contributed by atoms with Crippen LogP contribution in [-0.2, 0) is 33.6 Å². The molecule has 0 aromatic heterocycles. The molecule has 3 aromatic carbocycles. The van der Waals surface area contributed by atoms with Crippen molar-refractivity contribution in [2.75, 3.05) is 13.1 Å². The number of carbonyl (C=O) groups excluding carboxylic acids is 3. The van der Waals surface area contributed by atoms with Crippen LogP contribution >= 0.6 is 12.2 Å². The van der Waals surface area contributed by atoms with Gasteiger partial charge in [0.15, 0.2) is 6.04 Å². The zero-order valence-corrected chi connectivity index (χ0v) is 23.2. The van der Waals surface area contributed by atoms with Crippen LogP contribution in [0.1, 0.15) is 36.5 Å². The van der Waals surface area contributed by atoms with Crippen LogP contribution in [0, 0.1) is 5.92 Å². The van der Waals surface area contributed by atoms with Crippen molar-refractivity contribution in [2.24, 2.45) is 5.92 Å². The molecule has 0 saturated carbocycles. The van der Waals surface area contributed by atoms with Crippen molar-refractivity contribution < 1.29 is 14.4 Å². The van der Waals surface area contributed by atoms with Crippen molar-refractivity contribution in [1.29, 1.82) is 0 Å². The van der Waals surface area contributed by atoms with Gasteiger partial charge in [0.05, 0.1) is 5.92 Å². The molecule has 0 radical (unpaired) electrons. The number of benzene rings is 3. The summed E-state index contributed by atoms with van der Waals surface area (Å²) in [5, 5.41) is 8.34. The summed E-state index contributed by atoms with van der Waals surface area (Å²) >= 11 is 5.38. The van der Waals surface area contributed by atoms with Crippen LogP contribution in [0.3, 0.4) is 0 Å². The van der Waals surface area contributed by atoms with Gasteiger partial charge < -0.3 is 16.0 Å². The first-order chi connectivity index (χ1) is 18.9. The first-order valence-corrected chi connectivity index (χ1v) is 13.8. The van der Waals surface area contributed by atoms with Gasteiger partial charge in [-0.1, -0.05) is 103 Å². The smallest absolute Gasteiger partial charge is 0.252 e. The van der Waals surface area contributed by atoms with E-state index < -0.39 is 29.7 Å². The molecule has 0 spiro atoms. The quantitative estimate of drug-likeness (QED) is 0.152. The maximum absolute atomic E-state index is 13.3. The molecular formula is C32H37N3O3S. The van der Waals surface area contributed by atoms with E-state index in [4.69, 9.17) is 12.2 Å². The molecule has 0 heterocycles. The molecule has 0 fully saturated rings. The second-order valence-corrected chi connectivity index (χ2v) is 10.2. The van der Waals surface area contributed by atoms with E-state index in [2.05, 4.69) is 16.0 Å². The third-order valence-corrected chi connectivity index (χ3v) is 6.75. The van der Waals surface area contributed by atoms with Crippen molar-refractivity contribution in [3.8, 4) is 0 Å². The molecule has 39 heavy (non-hydrogen) atoms. The van der Waals surface area contributed by atoms with Gasteiger partial charge in [-0.2, -0.15) is 0 Å². The minimum atomic E-state index is -1.35. The molecule has 0 aliphatic heterocycles. The van der Waals surface area contributed by atoms with Crippen molar-refractivity contribution >= 4 is 34.8 Å². The Morgan fingerprint density at radius 3 is 1.46 bits per heavy atom. The predicted molar refractivity (Wildman–Crippen MR) is 159 cm³/mol. The Labute approximate surface area is 236 Å². The van der Waals surface area contributed by atoms with Crippen LogP contribution in [0.5, 0.6) is 0 Å². The van der Waals surface area contributed by atoms with E-state index in [0.717, 1.165) is 18.4 Å². The van der Waals surface area contributed by atoms with Gasteiger partial charge in [0.1, 0.15) is 0 Å². The Balaban J connectivity index is 1.61. The summed E-state index contributed by atoms with van der Waals surface area (Å²) in [6, 6.07) is 28.2. The van der Waals surface area contributed by atoms with Gasteiger partial charge in [-0.3, -0.25) is 14.4 Å². The molecule has 0 bridgehead atoms. The summed E-state index contributed by atoms with van der Waals surface area (Å²) in [5.74, 6) is -2.13. The Bertz CT molecular complexity index is 1140. The maximum Gasteiger partial charge on any atom is 0.252 e. The molecule has 3 rings (SSSR count). The highest BCUT2D eigenvalue weighted by Crippen LogP contribution is 2.12. The van der Waals surface area contributed by atoms with E-state index >= 15 is 0 Å². The van der Waals surface area contributed by atoms with Crippen molar-refractivity contribution in [3.63, 3.8) is 0 Å². The van der Waals surface area contributed by atoms with E-state index in [-0.39, 0.29) is 0 Å². The molecule has 7 heteroatoms. The van der Waals surface area contributed by atoms with E-state index in [9.17, 15) is 14.4 Å². The number of amides is 3. The normalized spacial score (nSPS) is 11.4. The van der Waals surface area contributed by atoms with Gasteiger partial charge in [-0.25, -0.2) is 0 Å². The highest BCUT2D eigenvalue weighted by atomic mass is 32.1. The average Bonchev–Trinajstić information content (AvgIpc) is 2.96. The highest BCUT2D eigenvalue weighted by molar-refractivity contribution is 7.80. The molecule has 3 amide bonds. The second kappa shape index (κ2) is 16.2. The summed E-state index contributed by atoms with van der Waals surface area (Å²) in [5.41, 5.74) is 3.30. The SMILES string of the molecule is CC(=S)C(Cc1ccccc1)C(=O)NC(C(=O)NCCCc1ccccc1)C(=O)NCCCc1ccccc1. The van der Waals surface area contributed by atoms with Gasteiger partial charge in [-0.15, -0.1) is 0 Å². The monoisotopic (exact) mass is 543 g/mol. The molecule has 3 N–H and O–H groups in total. The largest absolute Gasteiger partial charge is 0.354 e. The lowest BCUT2D eigenvalue weighted by molar-refractivity contribution is -0.137. The number of nitrogens with one attached hydrogen (secondary N) is 3. The van der Waals surface area contributed by atoms with Gasteiger partial charge >= 0.3 is 0 Å². The van der Waals surface area contributed by atoms with E-state index in [0.29, 0.717) is 37.2 Å². The summed E-state index contributed by atoms with van der Waals surface area (Å²) in [6.45, 7) is 2.49.